The molecule has 5 nitrogen and oxygen atoms in total. The average Bonchev–Trinajstić information content (AvgIpc) is 2.63. The van der Waals surface area contributed by atoms with Crippen LogP contribution in [-0.4, -0.2) is 30.7 Å². The van der Waals surface area contributed by atoms with Crippen molar-refractivity contribution in [3.8, 4) is 0 Å². The summed E-state index contributed by atoms with van der Waals surface area (Å²) in [6.45, 7) is 3.15. The van der Waals surface area contributed by atoms with Crippen LogP contribution in [0.2, 0.25) is 0 Å². The topological polar surface area (TPSA) is 66.5 Å². The summed E-state index contributed by atoms with van der Waals surface area (Å²) in [6.07, 6.45) is 1.44. The van der Waals surface area contributed by atoms with Crippen molar-refractivity contribution in [3.63, 3.8) is 0 Å². The zero-order valence-corrected chi connectivity index (χ0v) is 10.3. The monoisotopic (exact) mass is 280 g/mol. The second-order valence-corrected chi connectivity index (χ2v) is 4.10. The smallest absolute Gasteiger partial charge is 0.299 e. The van der Waals surface area contributed by atoms with E-state index < -0.39 is 35.8 Å². The molecule has 2 amide bonds. The van der Waals surface area contributed by atoms with E-state index in [-0.39, 0.29) is 17.8 Å². The molecule has 1 aliphatic heterocycles. The first kappa shape index (κ1) is 13.9. The standard InChI is InChI=1S/C13H10F2N2O3/c1-2-3-16-11(18)6-17-10-5-9(15)8(14)4-7(10)12(19)13(17)20/h2,4-5H,1,3,6H2,(H,16,18). The zero-order valence-electron chi connectivity index (χ0n) is 10.3. The Hall–Kier alpha value is -2.57. The molecule has 0 spiro atoms. The highest BCUT2D eigenvalue weighted by Crippen LogP contribution is 2.30. The third kappa shape index (κ3) is 2.29. The van der Waals surface area contributed by atoms with Gasteiger partial charge in [-0.1, -0.05) is 6.08 Å². The van der Waals surface area contributed by atoms with Crippen molar-refractivity contribution >= 4 is 23.3 Å². The summed E-state index contributed by atoms with van der Waals surface area (Å²) >= 11 is 0. The van der Waals surface area contributed by atoms with Gasteiger partial charge in [-0.05, 0) is 6.07 Å². The van der Waals surface area contributed by atoms with Crippen LogP contribution in [0.25, 0.3) is 0 Å². The highest BCUT2D eigenvalue weighted by Gasteiger charge is 2.37. The van der Waals surface area contributed by atoms with E-state index in [1.807, 2.05) is 0 Å². The molecule has 0 fully saturated rings. The first-order valence-electron chi connectivity index (χ1n) is 5.68. The van der Waals surface area contributed by atoms with Crippen molar-refractivity contribution in [2.45, 2.75) is 0 Å². The number of hydrogen-bond acceptors (Lipinski definition) is 3. The molecule has 20 heavy (non-hydrogen) atoms. The minimum Gasteiger partial charge on any atom is -0.351 e. The first-order chi connectivity index (χ1) is 9.45. The van der Waals surface area contributed by atoms with Gasteiger partial charge >= 0.3 is 0 Å². The van der Waals surface area contributed by atoms with Crippen LogP contribution in [0.3, 0.4) is 0 Å². The minimum atomic E-state index is -1.22. The number of hydrogen-bond donors (Lipinski definition) is 1. The van der Waals surface area contributed by atoms with Gasteiger partial charge in [0.1, 0.15) is 6.54 Å². The van der Waals surface area contributed by atoms with Gasteiger partial charge in [0.25, 0.3) is 11.7 Å². The van der Waals surface area contributed by atoms with Crippen molar-refractivity contribution in [1.29, 1.82) is 0 Å². The summed E-state index contributed by atoms with van der Waals surface area (Å²) in [5.41, 5.74) is -0.349. The molecule has 1 aromatic carbocycles. The SMILES string of the molecule is C=CCNC(=O)CN1C(=O)C(=O)c2cc(F)c(F)cc21. The predicted molar refractivity (Wildman–Crippen MR) is 66.2 cm³/mol. The van der Waals surface area contributed by atoms with E-state index >= 15 is 0 Å². The molecule has 0 atom stereocenters. The van der Waals surface area contributed by atoms with Crippen LogP contribution in [0.4, 0.5) is 14.5 Å². The number of fused-ring (bicyclic) bond motifs is 1. The van der Waals surface area contributed by atoms with E-state index in [9.17, 15) is 23.2 Å². The number of ketones is 1. The van der Waals surface area contributed by atoms with Gasteiger partial charge in [-0.25, -0.2) is 8.78 Å². The first-order valence-corrected chi connectivity index (χ1v) is 5.68. The Kier molecular flexibility index (Phi) is 3.60. The fraction of sp³-hybridized carbons (Fsp3) is 0.154. The van der Waals surface area contributed by atoms with Gasteiger partial charge in [-0.3, -0.25) is 19.3 Å². The van der Waals surface area contributed by atoms with Crippen molar-refractivity contribution < 1.29 is 23.2 Å². The maximum absolute atomic E-state index is 13.2. The third-order valence-corrected chi connectivity index (χ3v) is 2.76. The molecular formula is C13H10F2N2O3. The molecule has 1 heterocycles. The molecule has 0 unspecified atom stereocenters. The highest BCUT2D eigenvalue weighted by atomic mass is 19.2. The summed E-state index contributed by atoms with van der Waals surface area (Å²) in [6, 6.07) is 1.39. The molecule has 0 saturated heterocycles. The summed E-state index contributed by atoms with van der Waals surface area (Å²) in [5, 5.41) is 2.42. The Balaban J connectivity index is 2.31. The number of halogens is 2. The second-order valence-electron chi connectivity index (χ2n) is 4.10. The van der Waals surface area contributed by atoms with Crippen LogP contribution in [-0.2, 0) is 9.59 Å². The average molecular weight is 280 g/mol. The van der Waals surface area contributed by atoms with Crippen LogP contribution in [0.1, 0.15) is 10.4 Å². The number of anilines is 1. The van der Waals surface area contributed by atoms with Crippen molar-refractivity contribution in [2.75, 3.05) is 18.0 Å². The van der Waals surface area contributed by atoms with Gasteiger partial charge in [-0.15, -0.1) is 6.58 Å². The number of rotatable bonds is 4. The Morgan fingerprint density at radius 3 is 2.60 bits per heavy atom. The Morgan fingerprint density at radius 1 is 1.30 bits per heavy atom. The number of carbonyl (C=O) groups is 3. The number of amides is 2. The molecule has 1 N–H and O–H groups in total. The molecule has 0 radical (unpaired) electrons. The molecular weight excluding hydrogens is 270 g/mol. The molecule has 0 bridgehead atoms. The van der Waals surface area contributed by atoms with Gasteiger partial charge in [0.2, 0.25) is 5.91 Å². The number of nitrogens with one attached hydrogen (secondary N) is 1. The Labute approximate surface area is 112 Å². The Bertz CT molecular complexity index is 628. The fourth-order valence-corrected chi connectivity index (χ4v) is 1.83. The lowest BCUT2D eigenvalue weighted by Crippen LogP contribution is -2.40. The van der Waals surface area contributed by atoms with Crippen LogP contribution in [0.15, 0.2) is 24.8 Å². The molecule has 2 rings (SSSR count). The van der Waals surface area contributed by atoms with E-state index in [2.05, 4.69) is 11.9 Å². The summed E-state index contributed by atoms with van der Waals surface area (Å²) in [5.74, 6) is -4.90. The lowest BCUT2D eigenvalue weighted by atomic mass is 10.1. The maximum atomic E-state index is 13.2. The van der Waals surface area contributed by atoms with Gasteiger partial charge < -0.3 is 5.32 Å². The van der Waals surface area contributed by atoms with Crippen LogP contribution in [0.5, 0.6) is 0 Å². The highest BCUT2D eigenvalue weighted by molar-refractivity contribution is 6.52. The molecule has 0 aromatic heterocycles. The van der Waals surface area contributed by atoms with Crippen LogP contribution >= 0.6 is 0 Å². The number of nitrogens with zero attached hydrogens (tertiary/aromatic N) is 1. The predicted octanol–water partition coefficient (Wildman–Crippen LogP) is 0.796. The van der Waals surface area contributed by atoms with E-state index in [0.717, 1.165) is 11.0 Å². The summed E-state index contributed by atoms with van der Waals surface area (Å²) in [7, 11) is 0. The van der Waals surface area contributed by atoms with E-state index in [0.29, 0.717) is 6.07 Å². The van der Waals surface area contributed by atoms with Crippen molar-refractivity contribution in [1.82, 2.24) is 5.32 Å². The third-order valence-electron chi connectivity index (χ3n) is 2.76. The molecule has 1 aliphatic rings. The van der Waals surface area contributed by atoms with E-state index in [4.69, 9.17) is 0 Å². The van der Waals surface area contributed by atoms with E-state index in [1.54, 1.807) is 0 Å². The second kappa shape index (κ2) is 5.20. The normalized spacial score (nSPS) is 13.4. The zero-order chi connectivity index (χ0) is 14.9. The van der Waals surface area contributed by atoms with Gasteiger partial charge in [0, 0.05) is 12.6 Å². The molecule has 104 valence electrons. The quantitative estimate of drug-likeness (QED) is 0.655. The van der Waals surface area contributed by atoms with Crippen molar-refractivity contribution in [3.05, 3.63) is 42.0 Å². The lowest BCUT2D eigenvalue weighted by Gasteiger charge is -2.15. The molecule has 0 saturated carbocycles. The molecule has 1 aromatic rings. The number of carbonyl (C=O) groups excluding carboxylic acids is 3. The number of benzene rings is 1. The molecule has 7 heteroatoms. The largest absolute Gasteiger partial charge is 0.351 e. The fourth-order valence-electron chi connectivity index (χ4n) is 1.83. The minimum absolute atomic E-state index is 0.104. The number of Topliss-reactive ketones (excluding diaryl/α,β-unsaturated/α-hetero) is 1. The van der Waals surface area contributed by atoms with E-state index in [1.165, 1.54) is 6.08 Å². The van der Waals surface area contributed by atoms with Crippen molar-refractivity contribution in [2.24, 2.45) is 0 Å². The Morgan fingerprint density at radius 2 is 1.95 bits per heavy atom. The maximum Gasteiger partial charge on any atom is 0.299 e. The molecule has 0 aliphatic carbocycles. The van der Waals surface area contributed by atoms with Crippen LogP contribution in [0, 0.1) is 11.6 Å². The van der Waals surface area contributed by atoms with Gasteiger partial charge in [0.05, 0.1) is 11.3 Å². The lowest BCUT2D eigenvalue weighted by molar-refractivity contribution is -0.122. The summed E-state index contributed by atoms with van der Waals surface area (Å²) in [4.78, 5) is 35.7. The van der Waals surface area contributed by atoms with Gasteiger partial charge in [0.15, 0.2) is 11.6 Å². The van der Waals surface area contributed by atoms with Gasteiger partial charge in [-0.2, -0.15) is 0 Å². The summed E-state index contributed by atoms with van der Waals surface area (Å²) < 4.78 is 26.3. The van der Waals surface area contributed by atoms with Crippen LogP contribution < -0.4 is 10.2 Å².